The summed E-state index contributed by atoms with van der Waals surface area (Å²) in [5.74, 6) is -1.95. The maximum atomic E-state index is 13.1. The lowest BCUT2D eigenvalue weighted by molar-refractivity contribution is 0.152. The molecule has 116 valence electrons. The number of nitrogen functional groups attached to an aromatic ring is 2. The third-order valence-corrected chi connectivity index (χ3v) is 3.08. The van der Waals surface area contributed by atoms with Crippen molar-refractivity contribution in [3.05, 3.63) is 45.9 Å². The van der Waals surface area contributed by atoms with E-state index in [-0.39, 0.29) is 32.9 Å². The molecule has 0 radical (unpaired) electrons. The van der Waals surface area contributed by atoms with Gasteiger partial charge in [0.25, 0.3) is 0 Å². The Hall–Kier alpha value is -2.25. The zero-order valence-electron chi connectivity index (χ0n) is 10.7. The predicted octanol–water partition coefficient (Wildman–Crippen LogP) is 4.01. The van der Waals surface area contributed by atoms with Crippen molar-refractivity contribution in [3.63, 3.8) is 0 Å². The smallest absolute Gasteiger partial charge is 0.396 e. The van der Waals surface area contributed by atoms with E-state index in [1.54, 1.807) is 0 Å². The van der Waals surface area contributed by atoms with Crippen molar-refractivity contribution >= 4 is 40.7 Å². The van der Waals surface area contributed by atoms with Crippen LogP contribution in [-0.2, 0) is 0 Å². The Balaban J connectivity index is 2.17. The zero-order valence-corrected chi connectivity index (χ0v) is 12.2. The number of halogens is 4. The number of nitrogens with two attached hydrogens (primary N) is 2. The van der Waals surface area contributed by atoms with Gasteiger partial charge in [-0.15, -0.1) is 0 Å². The van der Waals surface area contributed by atoms with Crippen LogP contribution in [-0.4, -0.2) is 6.16 Å². The molecule has 0 bridgehead atoms. The molecule has 0 aromatic heterocycles. The maximum Gasteiger partial charge on any atom is 0.519 e. The van der Waals surface area contributed by atoms with E-state index in [0.717, 1.165) is 24.3 Å². The summed E-state index contributed by atoms with van der Waals surface area (Å²) in [5.41, 5.74) is 10.1. The highest BCUT2D eigenvalue weighted by Crippen LogP contribution is 2.31. The monoisotopic (exact) mass is 348 g/mol. The molecule has 0 atom stereocenters. The lowest BCUT2D eigenvalue weighted by atomic mass is 10.3. The van der Waals surface area contributed by atoms with Gasteiger partial charge < -0.3 is 20.9 Å². The molecule has 9 heteroatoms. The Bertz CT molecular complexity index is 695. The first-order valence-electron chi connectivity index (χ1n) is 5.66. The number of rotatable bonds is 2. The van der Waals surface area contributed by atoms with Crippen molar-refractivity contribution in [2.45, 2.75) is 0 Å². The standard InChI is InChI=1S/C13H8Cl2F2N2O3/c14-5-1-7(16)9(18)3-11(5)21-13(20)22-12-4-10(19)8(17)2-6(12)15/h1-4H,18-19H2. The summed E-state index contributed by atoms with van der Waals surface area (Å²) >= 11 is 11.4. The Kier molecular flexibility index (Phi) is 4.58. The molecule has 0 saturated carbocycles. The zero-order chi connectivity index (χ0) is 16.4. The first-order chi connectivity index (χ1) is 10.3. The lowest BCUT2D eigenvalue weighted by Gasteiger charge is -2.10. The normalized spacial score (nSPS) is 10.4. The molecule has 2 rings (SSSR count). The second-order valence-corrected chi connectivity index (χ2v) is 4.88. The van der Waals surface area contributed by atoms with E-state index < -0.39 is 17.8 Å². The number of carbonyl (C=O) groups excluding carboxylic acids is 1. The van der Waals surface area contributed by atoms with Gasteiger partial charge in [0.15, 0.2) is 11.5 Å². The molecule has 0 saturated heterocycles. The Morgan fingerprint density at radius 2 is 1.23 bits per heavy atom. The lowest BCUT2D eigenvalue weighted by Crippen LogP contribution is -2.15. The van der Waals surface area contributed by atoms with Crippen LogP contribution in [0.1, 0.15) is 0 Å². The van der Waals surface area contributed by atoms with Crippen LogP contribution in [0.2, 0.25) is 10.0 Å². The topological polar surface area (TPSA) is 87.6 Å². The summed E-state index contributed by atoms with van der Waals surface area (Å²) < 4.78 is 35.8. The number of ether oxygens (including phenoxy) is 2. The number of carbonyl (C=O) groups is 1. The molecule has 0 spiro atoms. The van der Waals surface area contributed by atoms with Gasteiger partial charge in [0.05, 0.1) is 21.4 Å². The Morgan fingerprint density at radius 1 is 0.864 bits per heavy atom. The summed E-state index contributed by atoms with van der Waals surface area (Å²) in [6.07, 6.45) is -1.24. The highest BCUT2D eigenvalue weighted by molar-refractivity contribution is 6.32. The molecule has 2 aromatic rings. The Morgan fingerprint density at radius 3 is 1.59 bits per heavy atom. The second kappa shape index (κ2) is 6.25. The van der Waals surface area contributed by atoms with Crippen LogP contribution < -0.4 is 20.9 Å². The van der Waals surface area contributed by atoms with Gasteiger partial charge in [0.2, 0.25) is 0 Å². The molecule has 2 aromatic carbocycles. The van der Waals surface area contributed by atoms with E-state index >= 15 is 0 Å². The van der Waals surface area contributed by atoms with Gasteiger partial charge in [-0.05, 0) is 12.1 Å². The molecule has 0 aliphatic heterocycles. The van der Waals surface area contributed by atoms with Crippen molar-refractivity contribution in [1.29, 1.82) is 0 Å². The average Bonchev–Trinajstić information content (AvgIpc) is 2.42. The van der Waals surface area contributed by atoms with Gasteiger partial charge >= 0.3 is 6.16 Å². The number of hydrogen-bond donors (Lipinski definition) is 2. The van der Waals surface area contributed by atoms with E-state index in [4.69, 9.17) is 44.1 Å². The first kappa shape index (κ1) is 16.1. The van der Waals surface area contributed by atoms with Crippen LogP contribution in [0.3, 0.4) is 0 Å². The fraction of sp³-hybridized carbons (Fsp3) is 0. The fourth-order valence-electron chi connectivity index (χ4n) is 1.45. The highest BCUT2D eigenvalue weighted by Gasteiger charge is 2.16. The van der Waals surface area contributed by atoms with E-state index in [2.05, 4.69) is 0 Å². The van der Waals surface area contributed by atoms with E-state index in [1.807, 2.05) is 0 Å². The molecule has 0 unspecified atom stereocenters. The molecule has 4 N–H and O–H groups in total. The fourth-order valence-corrected chi connectivity index (χ4v) is 1.82. The first-order valence-corrected chi connectivity index (χ1v) is 6.42. The molecule has 22 heavy (non-hydrogen) atoms. The molecule has 5 nitrogen and oxygen atoms in total. The van der Waals surface area contributed by atoms with Gasteiger partial charge in [0.1, 0.15) is 11.6 Å². The molecular weight excluding hydrogens is 341 g/mol. The quantitative estimate of drug-likeness (QED) is 0.486. The highest BCUT2D eigenvalue weighted by atomic mass is 35.5. The molecule has 0 amide bonds. The van der Waals surface area contributed by atoms with Crippen LogP contribution in [0.4, 0.5) is 25.0 Å². The van der Waals surface area contributed by atoms with Crippen molar-refractivity contribution in [1.82, 2.24) is 0 Å². The molecule has 0 aliphatic carbocycles. The van der Waals surface area contributed by atoms with Gasteiger partial charge in [-0.25, -0.2) is 13.6 Å². The minimum atomic E-state index is -1.24. The molecule has 0 heterocycles. The molecule has 0 fully saturated rings. The minimum Gasteiger partial charge on any atom is -0.396 e. The minimum absolute atomic E-state index is 0.187. The summed E-state index contributed by atoms with van der Waals surface area (Å²) in [6, 6.07) is 3.78. The third-order valence-electron chi connectivity index (χ3n) is 2.49. The summed E-state index contributed by atoms with van der Waals surface area (Å²) in [4.78, 5) is 11.6. The maximum absolute atomic E-state index is 13.1. The Labute approximate surface area is 133 Å². The van der Waals surface area contributed by atoms with E-state index in [9.17, 15) is 13.6 Å². The van der Waals surface area contributed by atoms with Crippen molar-refractivity contribution in [3.8, 4) is 11.5 Å². The van der Waals surface area contributed by atoms with Gasteiger partial charge in [-0.2, -0.15) is 0 Å². The van der Waals surface area contributed by atoms with Gasteiger partial charge in [0, 0.05) is 12.1 Å². The van der Waals surface area contributed by atoms with E-state index in [0.29, 0.717) is 0 Å². The van der Waals surface area contributed by atoms with Crippen LogP contribution >= 0.6 is 23.2 Å². The third kappa shape index (κ3) is 3.49. The van der Waals surface area contributed by atoms with Crippen LogP contribution in [0.25, 0.3) is 0 Å². The summed E-state index contributed by atoms with van der Waals surface area (Å²) in [5, 5.41) is -0.373. The van der Waals surface area contributed by atoms with E-state index in [1.165, 1.54) is 0 Å². The molecule has 0 aliphatic rings. The predicted molar refractivity (Wildman–Crippen MR) is 78.3 cm³/mol. The second-order valence-electron chi connectivity index (χ2n) is 4.06. The summed E-state index contributed by atoms with van der Waals surface area (Å²) in [7, 11) is 0. The molecular formula is C13H8Cl2F2N2O3. The van der Waals surface area contributed by atoms with Gasteiger partial charge in [-0.3, -0.25) is 0 Å². The van der Waals surface area contributed by atoms with Crippen LogP contribution in [0.5, 0.6) is 11.5 Å². The van der Waals surface area contributed by atoms with Crippen LogP contribution in [0, 0.1) is 11.6 Å². The number of benzene rings is 2. The van der Waals surface area contributed by atoms with Gasteiger partial charge in [-0.1, -0.05) is 23.2 Å². The largest absolute Gasteiger partial charge is 0.519 e. The number of anilines is 2. The number of hydrogen-bond acceptors (Lipinski definition) is 5. The average molecular weight is 349 g/mol. The summed E-state index contributed by atoms with van der Waals surface area (Å²) in [6.45, 7) is 0. The van der Waals surface area contributed by atoms with Crippen molar-refractivity contribution < 1.29 is 23.0 Å². The van der Waals surface area contributed by atoms with Crippen molar-refractivity contribution in [2.24, 2.45) is 0 Å². The van der Waals surface area contributed by atoms with Crippen LogP contribution in [0.15, 0.2) is 24.3 Å². The van der Waals surface area contributed by atoms with Crippen molar-refractivity contribution in [2.75, 3.05) is 11.5 Å². The SMILES string of the molecule is Nc1cc(OC(=O)Oc2cc(N)c(F)cc2Cl)c(Cl)cc1F.